The van der Waals surface area contributed by atoms with E-state index in [9.17, 15) is 9.59 Å². The number of allylic oxidation sites excluding steroid dienone is 2. The Morgan fingerprint density at radius 1 is 1.00 bits per heavy atom. The molecule has 0 aromatic heterocycles. The average molecular weight is 269 g/mol. The summed E-state index contributed by atoms with van der Waals surface area (Å²) in [6, 6.07) is 9.56. The molecule has 4 atom stereocenters. The van der Waals surface area contributed by atoms with E-state index in [2.05, 4.69) is 12.2 Å². The van der Waals surface area contributed by atoms with Crippen molar-refractivity contribution in [2.24, 2.45) is 23.7 Å². The van der Waals surface area contributed by atoms with Gasteiger partial charge in [0.15, 0.2) is 0 Å². The summed E-state index contributed by atoms with van der Waals surface area (Å²) in [6.07, 6.45) is 5.11. The lowest BCUT2D eigenvalue weighted by Crippen LogP contribution is -2.32. The molecule has 1 heterocycles. The third-order valence-electron chi connectivity index (χ3n) is 4.63. The number of amides is 2. The zero-order chi connectivity index (χ0) is 13.7. The van der Waals surface area contributed by atoms with Crippen LogP contribution in [-0.4, -0.2) is 16.9 Å². The highest BCUT2D eigenvalue weighted by Gasteiger charge is 2.60. The summed E-state index contributed by atoms with van der Waals surface area (Å²) in [5, 5.41) is 1.01. The van der Waals surface area contributed by atoms with Gasteiger partial charge in [0.1, 0.15) is 6.61 Å². The number of fused-ring (bicyclic) bond motifs is 5. The molecule has 1 saturated carbocycles. The van der Waals surface area contributed by atoms with Gasteiger partial charge in [-0.15, -0.1) is 0 Å². The number of carbonyl (C=O) groups is 2. The minimum atomic E-state index is -0.187. The predicted octanol–water partition coefficient (Wildman–Crippen LogP) is 1.93. The fourth-order valence-corrected chi connectivity index (χ4v) is 3.72. The predicted molar refractivity (Wildman–Crippen MR) is 70.8 cm³/mol. The van der Waals surface area contributed by atoms with Crippen LogP contribution in [0.15, 0.2) is 42.5 Å². The number of nitrogens with zero attached hydrogens (tertiary/aromatic N) is 1. The number of imide groups is 1. The quantitative estimate of drug-likeness (QED) is 0.622. The van der Waals surface area contributed by atoms with Gasteiger partial charge in [-0.25, -0.2) is 0 Å². The Kier molecular flexibility index (Phi) is 2.54. The highest BCUT2D eigenvalue weighted by atomic mass is 16.7. The molecule has 1 aliphatic heterocycles. The first-order chi connectivity index (χ1) is 9.75. The molecule has 2 amide bonds. The van der Waals surface area contributed by atoms with Crippen LogP contribution in [0.2, 0.25) is 0 Å². The standard InChI is InChI=1S/C16H15NO3/c18-15-13-11-6-7-12(8-11)14(13)16(19)17(15)20-9-10-4-2-1-3-5-10/h1-7,11-14H,8-9H2/t11-,12+,13-,14-/m0/s1. The first-order valence-electron chi connectivity index (χ1n) is 6.98. The summed E-state index contributed by atoms with van der Waals surface area (Å²) in [5.41, 5.74) is 0.950. The Hall–Kier alpha value is -1.94. The molecular formula is C16H15NO3. The molecule has 1 aromatic rings. The number of hydroxylamine groups is 2. The minimum Gasteiger partial charge on any atom is -0.272 e. The molecule has 4 heteroatoms. The number of hydrogen-bond acceptors (Lipinski definition) is 3. The summed E-state index contributed by atoms with van der Waals surface area (Å²) in [6.45, 7) is 0.251. The smallest absolute Gasteiger partial charge is 0.258 e. The van der Waals surface area contributed by atoms with Crippen LogP contribution >= 0.6 is 0 Å². The summed E-state index contributed by atoms with van der Waals surface area (Å²) in [4.78, 5) is 30.2. The van der Waals surface area contributed by atoms with Gasteiger partial charge in [-0.2, -0.15) is 5.06 Å². The van der Waals surface area contributed by atoms with Crippen molar-refractivity contribution in [3.05, 3.63) is 48.0 Å². The van der Waals surface area contributed by atoms with Gasteiger partial charge < -0.3 is 0 Å². The van der Waals surface area contributed by atoms with Gasteiger partial charge in [0.25, 0.3) is 11.8 Å². The monoisotopic (exact) mass is 269 g/mol. The van der Waals surface area contributed by atoms with Crippen molar-refractivity contribution in [2.45, 2.75) is 13.0 Å². The Morgan fingerprint density at radius 3 is 2.20 bits per heavy atom. The normalized spacial score (nSPS) is 34.1. The van der Waals surface area contributed by atoms with Gasteiger partial charge in [0, 0.05) is 0 Å². The van der Waals surface area contributed by atoms with E-state index in [1.54, 1.807) is 0 Å². The molecule has 102 valence electrons. The van der Waals surface area contributed by atoms with E-state index in [-0.39, 0.29) is 42.1 Å². The highest BCUT2D eigenvalue weighted by Crippen LogP contribution is 2.52. The molecular weight excluding hydrogens is 254 g/mol. The molecule has 3 aliphatic rings. The molecule has 0 radical (unpaired) electrons. The summed E-state index contributed by atoms with van der Waals surface area (Å²) >= 11 is 0. The molecule has 0 N–H and O–H groups in total. The molecule has 2 fully saturated rings. The second kappa shape index (κ2) is 4.28. The van der Waals surface area contributed by atoms with Gasteiger partial charge in [0.05, 0.1) is 11.8 Å². The van der Waals surface area contributed by atoms with Crippen LogP contribution in [0.25, 0.3) is 0 Å². The van der Waals surface area contributed by atoms with Crippen molar-refractivity contribution in [3.8, 4) is 0 Å². The molecule has 4 nitrogen and oxygen atoms in total. The Bertz CT molecular complexity index is 565. The molecule has 2 aliphatic carbocycles. The fraction of sp³-hybridized carbons (Fsp3) is 0.375. The van der Waals surface area contributed by atoms with Crippen molar-refractivity contribution in [1.29, 1.82) is 0 Å². The molecule has 20 heavy (non-hydrogen) atoms. The largest absolute Gasteiger partial charge is 0.272 e. The topological polar surface area (TPSA) is 46.6 Å². The fourth-order valence-electron chi connectivity index (χ4n) is 3.72. The second-order valence-corrected chi connectivity index (χ2v) is 5.73. The molecule has 1 aromatic carbocycles. The third-order valence-corrected chi connectivity index (χ3v) is 4.63. The summed E-state index contributed by atoms with van der Waals surface area (Å²) in [7, 11) is 0. The Labute approximate surface area is 117 Å². The van der Waals surface area contributed by atoms with Crippen LogP contribution in [0.4, 0.5) is 0 Å². The zero-order valence-electron chi connectivity index (χ0n) is 10.9. The van der Waals surface area contributed by atoms with Gasteiger partial charge >= 0.3 is 0 Å². The van der Waals surface area contributed by atoms with E-state index in [0.29, 0.717) is 0 Å². The lowest BCUT2D eigenvalue weighted by molar-refractivity contribution is -0.193. The second-order valence-electron chi connectivity index (χ2n) is 5.73. The number of hydrogen-bond donors (Lipinski definition) is 0. The van der Waals surface area contributed by atoms with Crippen molar-refractivity contribution in [2.75, 3.05) is 0 Å². The SMILES string of the molecule is O=C1[C@@H]2[C@@H](C(=O)N1OCc1ccccc1)[C@H]1C=C[C@@H]2C1. The Morgan fingerprint density at radius 2 is 1.60 bits per heavy atom. The van der Waals surface area contributed by atoms with E-state index < -0.39 is 0 Å². The van der Waals surface area contributed by atoms with E-state index in [4.69, 9.17) is 4.84 Å². The first kappa shape index (κ1) is 11.9. The van der Waals surface area contributed by atoms with Crippen molar-refractivity contribution in [3.63, 3.8) is 0 Å². The maximum atomic E-state index is 12.4. The van der Waals surface area contributed by atoms with Gasteiger partial charge in [-0.05, 0) is 23.8 Å². The Balaban J connectivity index is 1.51. The van der Waals surface area contributed by atoms with Crippen molar-refractivity contribution >= 4 is 11.8 Å². The third kappa shape index (κ3) is 1.58. The average Bonchev–Trinajstić information content (AvgIpc) is 3.13. The zero-order valence-corrected chi connectivity index (χ0v) is 10.9. The number of rotatable bonds is 3. The van der Waals surface area contributed by atoms with Crippen molar-refractivity contribution < 1.29 is 14.4 Å². The van der Waals surface area contributed by atoms with E-state index in [0.717, 1.165) is 17.0 Å². The number of benzene rings is 1. The van der Waals surface area contributed by atoms with Crippen LogP contribution in [0, 0.1) is 23.7 Å². The van der Waals surface area contributed by atoms with Gasteiger partial charge in [-0.3, -0.25) is 14.4 Å². The summed E-state index contributed by atoms with van der Waals surface area (Å²) < 4.78 is 0. The van der Waals surface area contributed by atoms with Crippen molar-refractivity contribution in [1.82, 2.24) is 5.06 Å². The van der Waals surface area contributed by atoms with Gasteiger partial charge in [-0.1, -0.05) is 42.5 Å². The highest BCUT2D eigenvalue weighted by molar-refractivity contribution is 6.05. The van der Waals surface area contributed by atoms with Crippen LogP contribution in [0.3, 0.4) is 0 Å². The van der Waals surface area contributed by atoms with Crippen LogP contribution in [0.5, 0.6) is 0 Å². The lowest BCUT2D eigenvalue weighted by atomic mass is 9.85. The van der Waals surface area contributed by atoms with E-state index in [1.165, 1.54) is 0 Å². The maximum absolute atomic E-state index is 12.4. The molecule has 0 spiro atoms. The summed E-state index contributed by atoms with van der Waals surface area (Å²) in [5.74, 6) is -0.236. The first-order valence-corrected chi connectivity index (χ1v) is 6.98. The van der Waals surface area contributed by atoms with E-state index >= 15 is 0 Å². The van der Waals surface area contributed by atoms with Crippen LogP contribution in [0.1, 0.15) is 12.0 Å². The minimum absolute atomic E-state index is 0.159. The maximum Gasteiger partial charge on any atom is 0.258 e. The number of carbonyl (C=O) groups excluding carboxylic acids is 2. The van der Waals surface area contributed by atoms with Gasteiger partial charge in [0.2, 0.25) is 0 Å². The van der Waals surface area contributed by atoms with Crippen LogP contribution < -0.4 is 0 Å². The van der Waals surface area contributed by atoms with E-state index in [1.807, 2.05) is 30.3 Å². The molecule has 2 bridgehead atoms. The van der Waals surface area contributed by atoms with Crippen LogP contribution in [-0.2, 0) is 21.0 Å². The molecule has 1 saturated heterocycles. The lowest BCUT2D eigenvalue weighted by Gasteiger charge is -2.16. The molecule has 0 unspecified atom stereocenters. The molecule has 4 rings (SSSR count).